The molecule has 0 saturated heterocycles. The maximum Gasteiger partial charge on any atom is 0.119 e. The van der Waals surface area contributed by atoms with Crippen molar-refractivity contribution in [2.45, 2.75) is 26.0 Å². The number of hydrogen-bond acceptors (Lipinski definition) is 4. The summed E-state index contributed by atoms with van der Waals surface area (Å²) >= 11 is 0. The standard InChI is InChI=1S/C17H23NO3/c1-2-10-18(13-17-9-6-11-20-17)12-15(19)14-21-16-7-4-3-5-8-16/h3-9,11,15,19H,2,10,12-14H2,1H3/t15-/m1/s1. The number of benzene rings is 1. The zero-order chi connectivity index (χ0) is 14.9. The third-order valence-corrected chi connectivity index (χ3v) is 3.15. The van der Waals surface area contributed by atoms with Gasteiger partial charge >= 0.3 is 0 Å². The maximum absolute atomic E-state index is 10.1. The fourth-order valence-electron chi connectivity index (χ4n) is 2.23. The fraction of sp³-hybridized carbons (Fsp3) is 0.412. The lowest BCUT2D eigenvalue weighted by Gasteiger charge is -2.23. The molecular weight excluding hydrogens is 266 g/mol. The van der Waals surface area contributed by atoms with E-state index in [1.54, 1.807) is 6.26 Å². The van der Waals surface area contributed by atoms with E-state index in [-0.39, 0.29) is 0 Å². The molecule has 1 N–H and O–H groups in total. The van der Waals surface area contributed by atoms with Crippen LogP contribution < -0.4 is 4.74 Å². The Bertz CT molecular complexity index is 484. The summed E-state index contributed by atoms with van der Waals surface area (Å²) in [5.74, 6) is 1.70. The largest absolute Gasteiger partial charge is 0.491 e. The number of hydrogen-bond donors (Lipinski definition) is 1. The SMILES string of the molecule is CCCN(Cc1ccco1)C[C@@H](O)COc1ccccc1. The van der Waals surface area contributed by atoms with E-state index in [2.05, 4.69) is 11.8 Å². The Morgan fingerprint density at radius 2 is 2.00 bits per heavy atom. The molecule has 0 aliphatic heterocycles. The van der Waals surface area contributed by atoms with Crippen LogP contribution in [0.4, 0.5) is 0 Å². The molecular formula is C17H23NO3. The number of nitrogens with zero attached hydrogens (tertiary/aromatic N) is 1. The number of para-hydroxylation sites is 1. The average Bonchev–Trinajstić information content (AvgIpc) is 2.99. The number of furan rings is 1. The molecule has 0 unspecified atom stereocenters. The van der Waals surface area contributed by atoms with Gasteiger partial charge in [-0.1, -0.05) is 25.1 Å². The molecule has 0 spiro atoms. The van der Waals surface area contributed by atoms with Crippen molar-refractivity contribution in [2.75, 3.05) is 19.7 Å². The maximum atomic E-state index is 10.1. The summed E-state index contributed by atoms with van der Waals surface area (Å²) in [5.41, 5.74) is 0. The zero-order valence-corrected chi connectivity index (χ0v) is 12.4. The van der Waals surface area contributed by atoms with Crippen molar-refractivity contribution in [2.24, 2.45) is 0 Å². The molecule has 1 aromatic carbocycles. The van der Waals surface area contributed by atoms with Crippen molar-refractivity contribution in [1.29, 1.82) is 0 Å². The van der Waals surface area contributed by atoms with Gasteiger partial charge in [-0.2, -0.15) is 0 Å². The van der Waals surface area contributed by atoms with Gasteiger partial charge in [0.15, 0.2) is 0 Å². The van der Waals surface area contributed by atoms with Gasteiger partial charge in [-0.25, -0.2) is 0 Å². The highest BCUT2D eigenvalue weighted by Crippen LogP contribution is 2.10. The highest BCUT2D eigenvalue weighted by atomic mass is 16.5. The Morgan fingerprint density at radius 1 is 1.19 bits per heavy atom. The molecule has 4 heteroatoms. The van der Waals surface area contributed by atoms with Gasteiger partial charge in [-0.3, -0.25) is 4.90 Å². The van der Waals surface area contributed by atoms with Gasteiger partial charge in [0.2, 0.25) is 0 Å². The molecule has 1 heterocycles. The van der Waals surface area contributed by atoms with Crippen LogP contribution >= 0.6 is 0 Å². The van der Waals surface area contributed by atoms with Crippen molar-refractivity contribution in [1.82, 2.24) is 4.90 Å². The van der Waals surface area contributed by atoms with E-state index < -0.39 is 6.10 Å². The summed E-state index contributed by atoms with van der Waals surface area (Å²) in [6.07, 6.45) is 2.19. The lowest BCUT2D eigenvalue weighted by Crippen LogP contribution is -2.35. The molecule has 114 valence electrons. The second-order valence-corrected chi connectivity index (χ2v) is 5.09. The first-order valence-corrected chi connectivity index (χ1v) is 7.38. The van der Waals surface area contributed by atoms with E-state index in [1.165, 1.54) is 0 Å². The summed E-state index contributed by atoms with van der Waals surface area (Å²) < 4.78 is 10.9. The molecule has 0 saturated carbocycles. The second-order valence-electron chi connectivity index (χ2n) is 5.09. The highest BCUT2D eigenvalue weighted by molar-refractivity contribution is 5.20. The van der Waals surface area contributed by atoms with Crippen molar-refractivity contribution in [3.63, 3.8) is 0 Å². The minimum Gasteiger partial charge on any atom is -0.491 e. The van der Waals surface area contributed by atoms with Crippen LogP contribution in [-0.2, 0) is 6.54 Å². The highest BCUT2D eigenvalue weighted by Gasteiger charge is 2.13. The Balaban J connectivity index is 1.79. The van der Waals surface area contributed by atoms with Crippen LogP contribution in [-0.4, -0.2) is 35.8 Å². The van der Waals surface area contributed by atoms with Crippen LogP contribution in [0.3, 0.4) is 0 Å². The van der Waals surface area contributed by atoms with Crippen LogP contribution in [0, 0.1) is 0 Å². The van der Waals surface area contributed by atoms with E-state index in [9.17, 15) is 5.11 Å². The van der Waals surface area contributed by atoms with Crippen molar-refractivity contribution in [3.05, 3.63) is 54.5 Å². The van der Waals surface area contributed by atoms with E-state index >= 15 is 0 Å². The van der Waals surface area contributed by atoms with Gasteiger partial charge in [0.25, 0.3) is 0 Å². The van der Waals surface area contributed by atoms with Crippen LogP contribution in [0.25, 0.3) is 0 Å². The van der Waals surface area contributed by atoms with Gasteiger partial charge in [-0.15, -0.1) is 0 Å². The smallest absolute Gasteiger partial charge is 0.119 e. The van der Waals surface area contributed by atoms with Gasteiger partial charge in [0.1, 0.15) is 24.2 Å². The predicted octanol–water partition coefficient (Wildman–Crippen LogP) is 2.93. The predicted molar refractivity (Wildman–Crippen MR) is 82.2 cm³/mol. The van der Waals surface area contributed by atoms with Crippen molar-refractivity contribution in [3.8, 4) is 5.75 Å². The molecule has 0 aliphatic carbocycles. The molecule has 1 aromatic heterocycles. The Morgan fingerprint density at radius 3 is 2.67 bits per heavy atom. The zero-order valence-electron chi connectivity index (χ0n) is 12.4. The van der Waals surface area contributed by atoms with Crippen LogP contribution in [0.5, 0.6) is 5.75 Å². The fourth-order valence-corrected chi connectivity index (χ4v) is 2.23. The summed E-state index contributed by atoms with van der Waals surface area (Å²) in [6, 6.07) is 13.4. The molecule has 21 heavy (non-hydrogen) atoms. The van der Waals surface area contributed by atoms with Crippen LogP contribution in [0.15, 0.2) is 53.1 Å². The van der Waals surface area contributed by atoms with Crippen LogP contribution in [0.2, 0.25) is 0 Å². The van der Waals surface area contributed by atoms with E-state index in [0.29, 0.717) is 19.7 Å². The third kappa shape index (κ3) is 5.61. The molecule has 0 bridgehead atoms. The number of aliphatic hydroxyl groups is 1. The van der Waals surface area contributed by atoms with Crippen molar-refractivity contribution < 1.29 is 14.3 Å². The topological polar surface area (TPSA) is 45.8 Å². The summed E-state index contributed by atoms with van der Waals surface area (Å²) in [5, 5.41) is 10.1. The van der Waals surface area contributed by atoms with Gasteiger partial charge in [-0.05, 0) is 37.2 Å². The average molecular weight is 289 g/mol. The molecule has 2 aromatic rings. The lowest BCUT2D eigenvalue weighted by atomic mass is 10.3. The minimum absolute atomic E-state index is 0.294. The first kappa shape index (κ1) is 15.6. The molecule has 2 rings (SSSR count). The second kappa shape index (κ2) is 8.49. The van der Waals surface area contributed by atoms with Crippen LogP contribution in [0.1, 0.15) is 19.1 Å². The first-order chi connectivity index (χ1) is 10.3. The van der Waals surface area contributed by atoms with E-state index in [0.717, 1.165) is 24.5 Å². The molecule has 0 radical (unpaired) electrons. The Hall–Kier alpha value is -1.78. The quantitative estimate of drug-likeness (QED) is 0.771. The Labute approximate surface area is 126 Å². The molecule has 4 nitrogen and oxygen atoms in total. The monoisotopic (exact) mass is 289 g/mol. The first-order valence-electron chi connectivity index (χ1n) is 7.38. The summed E-state index contributed by atoms with van der Waals surface area (Å²) in [7, 11) is 0. The van der Waals surface area contributed by atoms with Crippen molar-refractivity contribution >= 4 is 0 Å². The molecule has 0 amide bonds. The molecule has 0 fully saturated rings. The number of ether oxygens (including phenoxy) is 1. The van der Waals surface area contributed by atoms with Gasteiger partial charge in [0.05, 0.1) is 12.8 Å². The lowest BCUT2D eigenvalue weighted by molar-refractivity contribution is 0.0633. The third-order valence-electron chi connectivity index (χ3n) is 3.15. The Kier molecular flexibility index (Phi) is 6.31. The number of aliphatic hydroxyl groups excluding tert-OH is 1. The molecule has 0 aliphatic rings. The minimum atomic E-state index is -0.522. The molecule has 1 atom stereocenters. The summed E-state index contributed by atoms with van der Waals surface area (Å²) in [6.45, 7) is 4.62. The number of rotatable bonds is 9. The van der Waals surface area contributed by atoms with E-state index in [1.807, 2.05) is 42.5 Å². The van der Waals surface area contributed by atoms with Gasteiger partial charge in [0, 0.05) is 6.54 Å². The summed E-state index contributed by atoms with van der Waals surface area (Å²) in [4.78, 5) is 2.18. The normalized spacial score (nSPS) is 12.5. The van der Waals surface area contributed by atoms with Gasteiger partial charge < -0.3 is 14.3 Å². The van der Waals surface area contributed by atoms with E-state index in [4.69, 9.17) is 9.15 Å².